The summed E-state index contributed by atoms with van der Waals surface area (Å²) in [5.74, 6) is -1.82. The van der Waals surface area contributed by atoms with Gasteiger partial charge >= 0.3 is 5.97 Å². The van der Waals surface area contributed by atoms with Crippen LogP contribution >= 0.6 is 15.9 Å². The SMILES string of the molecule is C[C@@H](C(=O)N[C@@H](Cc1ccccc1)C(=O)O)N1C(=O)CN=C1Nc1ccccc1Br. The van der Waals surface area contributed by atoms with Crippen molar-refractivity contribution >= 4 is 45.4 Å². The number of carbonyl (C=O) groups excluding carboxylic acids is 2. The maximum Gasteiger partial charge on any atom is 0.326 e. The third-order valence-corrected chi connectivity index (χ3v) is 5.34. The molecule has 0 spiro atoms. The van der Waals surface area contributed by atoms with E-state index in [0.717, 1.165) is 10.0 Å². The lowest BCUT2D eigenvalue weighted by Gasteiger charge is -2.27. The first kappa shape index (κ1) is 21.5. The second kappa shape index (κ2) is 9.53. The summed E-state index contributed by atoms with van der Waals surface area (Å²) < 4.78 is 0.776. The minimum atomic E-state index is -1.15. The Kier molecular flexibility index (Phi) is 6.83. The molecule has 2 amide bonds. The number of rotatable bonds is 7. The van der Waals surface area contributed by atoms with E-state index < -0.39 is 24.0 Å². The minimum Gasteiger partial charge on any atom is -0.480 e. The van der Waals surface area contributed by atoms with Gasteiger partial charge in [0.05, 0.1) is 5.69 Å². The van der Waals surface area contributed by atoms with E-state index >= 15 is 0 Å². The largest absolute Gasteiger partial charge is 0.480 e. The highest BCUT2D eigenvalue weighted by Gasteiger charge is 2.35. The van der Waals surface area contributed by atoms with E-state index in [1.165, 1.54) is 11.8 Å². The number of carboxylic acids is 1. The molecule has 0 bridgehead atoms. The number of hydrogen-bond donors (Lipinski definition) is 3. The number of hydrogen-bond acceptors (Lipinski definition) is 5. The smallest absolute Gasteiger partial charge is 0.326 e. The predicted molar refractivity (Wildman–Crippen MR) is 116 cm³/mol. The van der Waals surface area contributed by atoms with E-state index in [2.05, 4.69) is 31.6 Å². The molecule has 0 aromatic heterocycles. The number of aliphatic carboxylic acids is 1. The summed E-state index contributed by atoms with van der Waals surface area (Å²) in [4.78, 5) is 42.2. The van der Waals surface area contributed by atoms with Crippen molar-refractivity contribution < 1.29 is 19.5 Å². The first-order chi connectivity index (χ1) is 14.4. The number of nitrogens with one attached hydrogen (secondary N) is 2. The Bertz CT molecular complexity index is 980. The molecule has 1 aliphatic rings. The molecule has 30 heavy (non-hydrogen) atoms. The van der Waals surface area contributed by atoms with Gasteiger partial charge in [-0.2, -0.15) is 0 Å². The summed E-state index contributed by atoms with van der Waals surface area (Å²) in [6.45, 7) is 1.45. The van der Waals surface area contributed by atoms with Crippen molar-refractivity contribution in [1.29, 1.82) is 0 Å². The van der Waals surface area contributed by atoms with Gasteiger partial charge in [-0.25, -0.2) is 9.79 Å². The van der Waals surface area contributed by atoms with Crippen LogP contribution in [0.5, 0.6) is 0 Å². The number of nitrogens with zero attached hydrogens (tertiary/aromatic N) is 2. The fourth-order valence-corrected chi connectivity index (χ4v) is 3.44. The molecule has 2 aromatic rings. The highest BCUT2D eigenvalue weighted by Crippen LogP contribution is 2.23. The Morgan fingerprint density at radius 2 is 1.83 bits per heavy atom. The molecule has 0 aliphatic carbocycles. The summed E-state index contributed by atoms with van der Waals surface area (Å²) in [5.41, 5.74) is 1.48. The van der Waals surface area contributed by atoms with Gasteiger partial charge in [-0.3, -0.25) is 14.5 Å². The van der Waals surface area contributed by atoms with Crippen LogP contribution in [0.25, 0.3) is 0 Å². The Morgan fingerprint density at radius 1 is 1.17 bits per heavy atom. The van der Waals surface area contributed by atoms with E-state index in [1.54, 1.807) is 30.3 Å². The van der Waals surface area contributed by atoms with Crippen molar-refractivity contribution in [2.75, 3.05) is 11.9 Å². The van der Waals surface area contributed by atoms with Crippen molar-refractivity contribution in [3.05, 3.63) is 64.6 Å². The Labute approximate surface area is 182 Å². The predicted octanol–water partition coefficient (Wildman–Crippen LogP) is 2.26. The molecule has 2 aromatic carbocycles. The number of para-hydroxylation sites is 1. The zero-order chi connectivity index (χ0) is 21.7. The third kappa shape index (κ3) is 5.04. The molecule has 0 fully saturated rings. The monoisotopic (exact) mass is 472 g/mol. The Morgan fingerprint density at radius 3 is 2.50 bits per heavy atom. The average Bonchev–Trinajstić information content (AvgIpc) is 3.09. The van der Waals surface area contributed by atoms with Crippen molar-refractivity contribution in [2.45, 2.75) is 25.4 Å². The number of aliphatic imine (C=N–C) groups is 1. The van der Waals surface area contributed by atoms with E-state index in [-0.39, 0.29) is 24.8 Å². The molecule has 8 nitrogen and oxygen atoms in total. The first-order valence-electron chi connectivity index (χ1n) is 9.32. The highest BCUT2D eigenvalue weighted by atomic mass is 79.9. The summed E-state index contributed by atoms with van der Waals surface area (Å²) in [6.07, 6.45) is 0.138. The molecule has 3 rings (SSSR count). The number of carboxylic acid groups (broad SMARTS) is 1. The minimum absolute atomic E-state index is 0.0865. The van der Waals surface area contributed by atoms with Crippen molar-refractivity contribution in [3.63, 3.8) is 0 Å². The van der Waals surface area contributed by atoms with Crippen molar-refractivity contribution in [1.82, 2.24) is 10.2 Å². The third-order valence-electron chi connectivity index (χ3n) is 4.65. The maximum absolute atomic E-state index is 12.8. The molecule has 0 unspecified atom stereocenters. The van der Waals surface area contributed by atoms with Gasteiger partial charge < -0.3 is 15.7 Å². The Balaban J connectivity index is 1.71. The lowest BCUT2D eigenvalue weighted by molar-refractivity contribution is -0.142. The van der Waals surface area contributed by atoms with Crippen LogP contribution in [0.4, 0.5) is 5.69 Å². The standard InChI is InChI=1S/C21H21BrN4O4/c1-13(19(28)24-17(20(29)30)11-14-7-3-2-4-8-14)26-18(27)12-23-21(26)25-16-10-6-5-9-15(16)22/h2-10,13,17H,11-12H2,1H3,(H,23,25)(H,24,28)(H,29,30)/t13-,17-/m0/s1. The van der Waals surface area contributed by atoms with Crippen LogP contribution in [0.15, 0.2) is 64.1 Å². The maximum atomic E-state index is 12.8. The number of carbonyl (C=O) groups is 3. The average molecular weight is 473 g/mol. The quantitative estimate of drug-likeness (QED) is 0.572. The molecular weight excluding hydrogens is 452 g/mol. The van der Waals surface area contributed by atoms with E-state index in [1.807, 2.05) is 24.3 Å². The van der Waals surface area contributed by atoms with Gasteiger partial charge in [-0.05, 0) is 40.5 Å². The molecule has 1 aliphatic heterocycles. The molecule has 156 valence electrons. The van der Waals surface area contributed by atoms with Crippen LogP contribution in [0.2, 0.25) is 0 Å². The second-order valence-electron chi connectivity index (χ2n) is 6.77. The van der Waals surface area contributed by atoms with Crippen LogP contribution in [0, 0.1) is 0 Å². The zero-order valence-corrected chi connectivity index (χ0v) is 17.8. The number of benzene rings is 2. The van der Waals surface area contributed by atoms with Gasteiger partial charge in [-0.1, -0.05) is 42.5 Å². The molecule has 0 radical (unpaired) electrons. The number of halogens is 1. The van der Waals surface area contributed by atoms with Gasteiger partial charge in [-0.15, -0.1) is 0 Å². The number of guanidine groups is 1. The summed E-state index contributed by atoms with van der Waals surface area (Å²) in [5, 5.41) is 15.1. The molecule has 1 heterocycles. The van der Waals surface area contributed by atoms with E-state index in [9.17, 15) is 19.5 Å². The second-order valence-corrected chi connectivity index (χ2v) is 7.63. The summed E-state index contributed by atoms with van der Waals surface area (Å²) in [7, 11) is 0. The number of amides is 2. The molecule has 0 saturated carbocycles. The van der Waals surface area contributed by atoms with Crippen LogP contribution < -0.4 is 10.6 Å². The van der Waals surface area contributed by atoms with E-state index in [0.29, 0.717) is 5.69 Å². The lowest BCUT2D eigenvalue weighted by atomic mass is 10.1. The lowest BCUT2D eigenvalue weighted by Crippen LogP contribution is -2.54. The highest BCUT2D eigenvalue weighted by molar-refractivity contribution is 9.10. The van der Waals surface area contributed by atoms with Crippen LogP contribution in [-0.4, -0.2) is 52.4 Å². The van der Waals surface area contributed by atoms with Gasteiger partial charge in [0.2, 0.25) is 11.9 Å². The molecular formula is C21H21BrN4O4. The Hall–Kier alpha value is -3.20. The fraction of sp³-hybridized carbons (Fsp3) is 0.238. The molecule has 0 saturated heterocycles. The topological polar surface area (TPSA) is 111 Å². The van der Waals surface area contributed by atoms with Gasteiger partial charge in [0.15, 0.2) is 0 Å². The zero-order valence-electron chi connectivity index (χ0n) is 16.2. The fourth-order valence-electron chi connectivity index (χ4n) is 3.05. The normalized spacial score (nSPS) is 15.3. The van der Waals surface area contributed by atoms with Gasteiger partial charge in [0.1, 0.15) is 18.6 Å². The van der Waals surface area contributed by atoms with Crippen LogP contribution in [0.3, 0.4) is 0 Å². The summed E-state index contributed by atoms with van der Waals surface area (Å²) >= 11 is 3.42. The van der Waals surface area contributed by atoms with E-state index in [4.69, 9.17) is 0 Å². The molecule has 2 atom stereocenters. The summed E-state index contributed by atoms with van der Waals surface area (Å²) in [6, 6.07) is 14.3. The van der Waals surface area contributed by atoms with Crippen LogP contribution in [-0.2, 0) is 20.8 Å². The first-order valence-corrected chi connectivity index (χ1v) is 10.1. The van der Waals surface area contributed by atoms with Crippen molar-refractivity contribution in [2.24, 2.45) is 4.99 Å². The molecule has 9 heteroatoms. The van der Waals surface area contributed by atoms with Gasteiger partial charge in [0, 0.05) is 10.9 Å². The van der Waals surface area contributed by atoms with Crippen LogP contribution in [0.1, 0.15) is 12.5 Å². The molecule has 3 N–H and O–H groups in total. The van der Waals surface area contributed by atoms with Crippen molar-refractivity contribution in [3.8, 4) is 0 Å². The van der Waals surface area contributed by atoms with Gasteiger partial charge in [0.25, 0.3) is 5.91 Å². The number of anilines is 1.